The SMILES string of the molecule is O=C(O)[C@@H]1C[C@H]1C(=O)N(Cc1ccccc1)C1CC1. The molecule has 100 valence electrons. The van der Waals surface area contributed by atoms with E-state index >= 15 is 0 Å². The summed E-state index contributed by atoms with van der Waals surface area (Å²) in [5.74, 6) is -1.56. The van der Waals surface area contributed by atoms with Crippen LogP contribution in [-0.2, 0) is 16.1 Å². The summed E-state index contributed by atoms with van der Waals surface area (Å²) in [7, 11) is 0. The monoisotopic (exact) mass is 259 g/mol. The van der Waals surface area contributed by atoms with Gasteiger partial charge >= 0.3 is 5.97 Å². The third kappa shape index (κ3) is 2.62. The van der Waals surface area contributed by atoms with Gasteiger partial charge in [0.15, 0.2) is 0 Å². The van der Waals surface area contributed by atoms with Gasteiger partial charge in [0.1, 0.15) is 0 Å². The van der Waals surface area contributed by atoms with Gasteiger partial charge in [0.05, 0.1) is 11.8 Å². The molecule has 0 radical (unpaired) electrons. The normalized spacial score (nSPS) is 24.8. The quantitative estimate of drug-likeness (QED) is 0.878. The molecule has 2 fully saturated rings. The lowest BCUT2D eigenvalue weighted by atomic mass is 10.2. The molecule has 2 aliphatic carbocycles. The maximum absolute atomic E-state index is 12.4. The van der Waals surface area contributed by atoms with E-state index in [4.69, 9.17) is 5.11 Å². The van der Waals surface area contributed by atoms with Crippen LogP contribution in [0, 0.1) is 11.8 Å². The van der Waals surface area contributed by atoms with Gasteiger partial charge in [-0.25, -0.2) is 0 Å². The van der Waals surface area contributed by atoms with Crippen LogP contribution in [0.4, 0.5) is 0 Å². The second-order valence-electron chi connectivity index (χ2n) is 5.47. The smallest absolute Gasteiger partial charge is 0.307 e. The lowest BCUT2D eigenvalue weighted by Gasteiger charge is -2.22. The van der Waals surface area contributed by atoms with E-state index in [-0.39, 0.29) is 11.8 Å². The lowest BCUT2D eigenvalue weighted by molar-refractivity contribution is -0.142. The Kier molecular flexibility index (Phi) is 3.01. The summed E-state index contributed by atoms with van der Waals surface area (Å²) in [5.41, 5.74) is 1.11. The Morgan fingerprint density at radius 3 is 2.37 bits per heavy atom. The molecule has 2 aliphatic rings. The van der Waals surface area contributed by atoms with Crippen LogP contribution < -0.4 is 0 Å². The molecule has 1 aromatic carbocycles. The Morgan fingerprint density at radius 2 is 1.84 bits per heavy atom. The molecule has 0 heterocycles. The van der Waals surface area contributed by atoms with Crippen LogP contribution >= 0.6 is 0 Å². The molecule has 2 atom stereocenters. The first-order chi connectivity index (χ1) is 9.16. The fourth-order valence-electron chi connectivity index (χ4n) is 2.51. The first kappa shape index (κ1) is 12.2. The largest absolute Gasteiger partial charge is 0.481 e. The molecule has 3 rings (SSSR count). The minimum absolute atomic E-state index is 0.0266. The molecule has 0 unspecified atom stereocenters. The van der Waals surface area contributed by atoms with Gasteiger partial charge in [0, 0.05) is 12.6 Å². The number of hydrogen-bond acceptors (Lipinski definition) is 2. The summed E-state index contributed by atoms with van der Waals surface area (Å²) < 4.78 is 0. The standard InChI is InChI=1S/C15H17NO3/c17-14(12-8-13(12)15(18)19)16(11-6-7-11)9-10-4-2-1-3-5-10/h1-5,11-13H,6-9H2,(H,18,19)/t12-,13-/m1/s1. The molecule has 1 amide bonds. The van der Waals surface area contributed by atoms with Crippen molar-refractivity contribution in [3.05, 3.63) is 35.9 Å². The molecule has 0 aromatic heterocycles. The zero-order valence-corrected chi connectivity index (χ0v) is 10.7. The average molecular weight is 259 g/mol. The zero-order chi connectivity index (χ0) is 13.4. The molecule has 0 aliphatic heterocycles. The second-order valence-corrected chi connectivity index (χ2v) is 5.47. The molecule has 0 bridgehead atoms. The van der Waals surface area contributed by atoms with E-state index in [1.54, 1.807) is 0 Å². The van der Waals surface area contributed by atoms with E-state index in [9.17, 15) is 9.59 Å². The minimum atomic E-state index is -0.839. The highest BCUT2D eigenvalue weighted by molar-refractivity contribution is 5.89. The van der Waals surface area contributed by atoms with Gasteiger partial charge in [-0.15, -0.1) is 0 Å². The van der Waals surface area contributed by atoms with Crippen molar-refractivity contribution in [3.63, 3.8) is 0 Å². The molecule has 4 nitrogen and oxygen atoms in total. The van der Waals surface area contributed by atoms with Gasteiger partial charge in [0.2, 0.25) is 5.91 Å². The van der Waals surface area contributed by atoms with Crippen molar-refractivity contribution in [3.8, 4) is 0 Å². The van der Waals surface area contributed by atoms with Crippen LogP contribution in [0.15, 0.2) is 30.3 Å². The summed E-state index contributed by atoms with van der Waals surface area (Å²) in [4.78, 5) is 25.1. The number of amides is 1. The van der Waals surface area contributed by atoms with Crippen LogP contribution in [0.1, 0.15) is 24.8 Å². The highest BCUT2D eigenvalue weighted by atomic mass is 16.4. The van der Waals surface area contributed by atoms with Crippen LogP contribution in [-0.4, -0.2) is 27.9 Å². The molecule has 19 heavy (non-hydrogen) atoms. The van der Waals surface area contributed by atoms with E-state index in [0.29, 0.717) is 19.0 Å². The molecule has 4 heteroatoms. The topological polar surface area (TPSA) is 57.6 Å². The molecular weight excluding hydrogens is 242 g/mol. The number of carboxylic acid groups (broad SMARTS) is 1. The summed E-state index contributed by atoms with van der Waals surface area (Å²) in [5, 5.41) is 8.93. The molecule has 0 spiro atoms. The second kappa shape index (κ2) is 4.68. The summed E-state index contributed by atoms with van der Waals surface area (Å²) in [6.07, 6.45) is 2.60. The van der Waals surface area contributed by atoms with Crippen molar-refractivity contribution >= 4 is 11.9 Å². The number of hydrogen-bond donors (Lipinski definition) is 1. The lowest BCUT2D eigenvalue weighted by Crippen LogP contribution is -2.34. The number of carboxylic acids is 1. The van der Waals surface area contributed by atoms with Gasteiger partial charge in [-0.3, -0.25) is 9.59 Å². The van der Waals surface area contributed by atoms with Crippen LogP contribution in [0.25, 0.3) is 0 Å². The third-order valence-corrected chi connectivity index (χ3v) is 3.89. The van der Waals surface area contributed by atoms with Crippen molar-refractivity contribution in [2.45, 2.75) is 31.8 Å². The van der Waals surface area contributed by atoms with Gasteiger partial charge in [-0.2, -0.15) is 0 Å². The number of carbonyl (C=O) groups is 2. The summed E-state index contributed by atoms with van der Waals surface area (Å²) in [6.45, 7) is 0.604. The fraction of sp³-hybridized carbons (Fsp3) is 0.467. The van der Waals surface area contributed by atoms with Crippen molar-refractivity contribution in [2.24, 2.45) is 11.8 Å². The van der Waals surface area contributed by atoms with E-state index in [1.165, 1.54) is 0 Å². The molecule has 2 saturated carbocycles. The molecule has 0 saturated heterocycles. The number of nitrogens with zero attached hydrogens (tertiary/aromatic N) is 1. The Hall–Kier alpha value is -1.84. The van der Waals surface area contributed by atoms with Gasteiger partial charge in [-0.05, 0) is 24.8 Å². The first-order valence-electron chi connectivity index (χ1n) is 6.74. The Balaban J connectivity index is 1.68. The van der Waals surface area contributed by atoms with Gasteiger partial charge < -0.3 is 10.0 Å². The van der Waals surface area contributed by atoms with Crippen LogP contribution in [0.3, 0.4) is 0 Å². The average Bonchev–Trinajstić information content (AvgIpc) is 3.29. The van der Waals surface area contributed by atoms with E-state index < -0.39 is 11.9 Å². The number of benzene rings is 1. The molecule has 1 aromatic rings. The van der Waals surface area contributed by atoms with Crippen molar-refractivity contribution in [1.29, 1.82) is 0 Å². The number of aliphatic carboxylic acids is 1. The zero-order valence-electron chi connectivity index (χ0n) is 10.7. The maximum atomic E-state index is 12.4. The Bertz CT molecular complexity index is 495. The molecular formula is C15H17NO3. The number of carbonyl (C=O) groups excluding carboxylic acids is 1. The predicted octanol–water partition coefficient (Wildman–Crippen LogP) is 1.90. The van der Waals surface area contributed by atoms with Crippen LogP contribution in [0.5, 0.6) is 0 Å². The Morgan fingerprint density at radius 1 is 1.16 bits per heavy atom. The molecule has 1 N–H and O–H groups in total. The van der Waals surface area contributed by atoms with Crippen LogP contribution in [0.2, 0.25) is 0 Å². The summed E-state index contributed by atoms with van der Waals surface area (Å²) in [6, 6.07) is 10.2. The fourth-order valence-corrected chi connectivity index (χ4v) is 2.51. The third-order valence-electron chi connectivity index (χ3n) is 3.89. The van der Waals surface area contributed by atoms with E-state index in [1.807, 2.05) is 35.2 Å². The number of rotatable bonds is 5. The van der Waals surface area contributed by atoms with Crippen molar-refractivity contribution in [1.82, 2.24) is 4.90 Å². The van der Waals surface area contributed by atoms with E-state index in [0.717, 1.165) is 18.4 Å². The first-order valence-corrected chi connectivity index (χ1v) is 6.74. The highest BCUT2D eigenvalue weighted by Gasteiger charge is 2.51. The van der Waals surface area contributed by atoms with Crippen molar-refractivity contribution in [2.75, 3.05) is 0 Å². The van der Waals surface area contributed by atoms with Crippen molar-refractivity contribution < 1.29 is 14.7 Å². The highest BCUT2D eigenvalue weighted by Crippen LogP contribution is 2.42. The Labute approximate surface area is 112 Å². The maximum Gasteiger partial charge on any atom is 0.307 e. The van der Waals surface area contributed by atoms with Gasteiger partial charge in [-0.1, -0.05) is 30.3 Å². The minimum Gasteiger partial charge on any atom is -0.481 e. The van der Waals surface area contributed by atoms with E-state index in [2.05, 4.69) is 0 Å². The predicted molar refractivity (Wildman–Crippen MR) is 69.2 cm³/mol. The summed E-state index contributed by atoms with van der Waals surface area (Å²) >= 11 is 0. The van der Waals surface area contributed by atoms with Gasteiger partial charge in [0.25, 0.3) is 0 Å².